The summed E-state index contributed by atoms with van der Waals surface area (Å²) in [6.07, 6.45) is -1.94. The van der Waals surface area contributed by atoms with Crippen LogP contribution in [0.1, 0.15) is 105 Å². The van der Waals surface area contributed by atoms with Crippen molar-refractivity contribution in [3.05, 3.63) is 29.3 Å². The van der Waals surface area contributed by atoms with Gasteiger partial charge in [-0.3, -0.25) is 9.59 Å². The highest BCUT2D eigenvalue weighted by molar-refractivity contribution is 5.89. The number of aliphatic hydroxyl groups is 1. The maximum absolute atomic E-state index is 14.5. The predicted molar refractivity (Wildman–Crippen MR) is 237 cm³/mol. The average molecular weight is 889 g/mol. The molecule has 63 heavy (non-hydrogen) atoms. The molecule has 3 fully saturated rings. The Hall–Kier alpha value is -3.54. The summed E-state index contributed by atoms with van der Waals surface area (Å²) in [6, 6.07) is 6.35. The number of aryl methyl sites for hydroxylation is 2. The van der Waals surface area contributed by atoms with Crippen molar-refractivity contribution in [1.82, 2.24) is 10.2 Å². The largest absolute Gasteiger partial charge is 0.509 e. The molecule has 0 bridgehead atoms. The Labute approximate surface area is 374 Å². The summed E-state index contributed by atoms with van der Waals surface area (Å²) >= 11 is 0. The van der Waals surface area contributed by atoms with Gasteiger partial charge in [-0.05, 0) is 110 Å². The Kier molecular flexibility index (Phi) is 17.7. The molecule has 0 saturated carbocycles. The van der Waals surface area contributed by atoms with Gasteiger partial charge in [-0.15, -0.1) is 0 Å². The van der Waals surface area contributed by atoms with Crippen molar-refractivity contribution >= 4 is 29.5 Å². The van der Waals surface area contributed by atoms with Gasteiger partial charge in [-0.25, -0.2) is 4.79 Å². The van der Waals surface area contributed by atoms with Crippen LogP contribution in [0.4, 0.5) is 10.5 Å². The molecule has 14 atom stereocenters. The van der Waals surface area contributed by atoms with Crippen LogP contribution < -0.4 is 10.6 Å². The smallest absolute Gasteiger partial charge is 0.461 e. The highest BCUT2D eigenvalue weighted by atomic mass is 16.8. The number of hydrogen-bond acceptors (Lipinski definition) is 16. The lowest BCUT2D eigenvalue weighted by atomic mass is 9.73. The maximum atomic E-state index is 14.5. The molecule has 4 aliphatic rings. The number of hydrogen-bond donors (Lipinski definition) is 3. The third kappa shape index (κ3) is 11.8. The second kappa shape index (κ2) is 22.1. The number of anilines is 1. The number of methoxy groups -OCH3 is 1. The molecule has 1 aromatic rings. The van der Waals surface area contributed by atoms with E-state index >= 15 is 0 Å². The Morgan fingerprint density at radius 2 is 1.81 bits per heavy atom. The van der Waals surface area contributed by atoms with E-state index < -0.39 is 83.9 Å². The fourth-order valence-electron chi connectivity index (χ4n) is 10.3. The summed E-state index contributed by atoms with van der Waals surface area (Å²) in [4.78, 5) is 48.7. The monoisotopic (exact) mass is 889 g/mol. The summed E-state index contributed by atoms with van der Waals surface area (Å²) in [5.41, 5.74) is 1.85. The van der Waals surface area contributed by atoms with E-state index in [1.165, 1.54) is 23.9 Å². The van der Waals surface area contributed by atoms with Crippen molar-refractivity contribution in [3.8, 4) is 0 Å². The number of fused-ring (bicyclic) bond motifs is 2. The van der Waals surface area contributed by atoms with E-state index in [2.05, 4.69) is 34.0 Å². The number of carbonyl (C=O) groups is 3. The molecule has 3 N–H and O–H groups in total. The Bertz CT molecular complexity index is 1730. The van der Waals surface area contributed by atoms with Gasteiger partial charge in [0.15, 0.2) is 18.0 Å². The van der Waals surface area contributed by atoms with Crippen LogP contribution in [0, 0.1) is 23.7 Å². The first kappa shape index (κ1) is 50.5. The zero-order chi connectivity index (χ0) is 46.2. The normalized spacial score (nSPS) is 37.1. The predicted octanol–water partition coefficient (Wildman–Crippen LogP) is 5.65. The van der Waals surface area contributed by atoms with E-state index in [0.29, 0.717) is 25.2 Å². The quantitative estimate of drug-likeness (QED) is 0.0901. The first-order valence-electron chi connectivity index (χ1n) is 23.0. The molecule has 0 unspecified atom stereocenters. The molecule has 0 aromatic heterocycles. The number of cyclic esters (lactones) is 1. The van der Waals surface area contributed by atoms with Crippen molar-refractivity contribution in [2.45, 2.75) is 167 Å². The van der Waals surface area contributed by atoms with Crippen LogP contribution in [-0.4, -0.2) is 142 Å². The van der Waals surface area contributed by atoms with Gasteiger partial charge in [-0.1, -0.05) is 45.0 Å². The van der Waals surface area contributed by atoms with Crippen molar-refractivity contribution in [1.29, 1.82) is 0 Å². The van der Waals surface area contributed by atoms with E-state index in [-0.39, 0.29) is 37.3 Å². The number of benzene rings is 1. The van der Waals surface area contributed by atoms with Gasteiger partial charge < -0.3 is 58.6 Å². The second-order valence-corrected chi connectivity index (χ2v) is 18.9. The Morgan fingerprint density at radius 1 is 1.06 bits per heavy atom. The van der Waals surface area contributed by atoms with Gasteiger partial charge in [-0.2, -0.15) is 0 Å². The van der Waals surface area contributed by atoms with Crippen molar-refractivity contribution in [2.24, 2.45) is 28.8 Å². The van der Waals surface area contributed by atoms with Crippen molar-refractivity contribution in [2.75, 3.05) is 53.3 Å². The van der Waals surface area contributed by atoms with Gasteiger partial charge >= 0.3 is 18.1 Å². The number of nitrogens with zero attached hydrogens (tertiary/aromatic N) is 2. The zero-order valence-electron chi connectivity index (χ0n) is 39.8. The molecule has 0 aliphatic carbocycles. The molecule has 3 saturated heterocycles. The molecule has 16 nitrogen and oxygen atoms in total. The van der Waals surface area contributed by atoms with Crippen LogP contribution in [0.5, 0.6) is 0 Å². The molecular weight excluding hydrogens is 813 g/mol. The highest BCUT2D eigenvalue weighted by Crippen LogP contribution is 2.43. The van der Waals surface area contributed by atoms with E-state index in [4.69, 9.17) is 38.0 Å². The number of aliphatic hydroxyl groups excluding tert-OH is 1. The third-order valence-electron chi connectivity index (χ3n) is 13.9. The lowest BCUT2D eigenvalue weighted by Crippen LogP contribution is -2.60. The standard InChI is InChI=1S/C47H76N4O12/c1-13-36-47(8)42(62-45(55)63-47)29(4)38(50-57-12)27(2)26-46(7,56-11)41(61-44-39(53)35(51(9)10)24-28(3)58-44)30(5)40(31(6)43(54)59-36)60-37(52)20-23-48-21-14-16-32-18-19-34-33(25-32)17-15-22-49-34/h18-19,25,27-31,35-36,39-42,44,48-49,53H,13-17,20-24,26H2,1-12H3/b50-38+/t27-,28-,29+,30+,31-,35+,36-,39-,40+,41-,42-,44+,46-,47-/m1/s1. The van der Waals surface area contributed by atoms with Crippen LogP contribution in [-0.2, 0) is 60.4 Å². The van der Waals surface area contributed by atoms with E-state index in [0.717, 1.165) is 32.2 Å². The molecule has 356 valence electrons. The molecule has 4 aliphatic heterocycles. The highest BCUT2D eigenvalue weighted by Gasteiger charge is 2.59. The lowest BCUT2D eigenvalue weighted by Gasteiger charge is -2.48. The minimum Gasteiger partial charge on any atom is -0.461 e. The first-order valence-corrected chi connectivity index (χ1v) is 23.0. The number of ether oxygens (including phenoxy) is 7. The summed E-state index contributed by atoms with van der Waals surface area (Å²) in [5.74, 6) is -3.88. The van der Waals surface area contributed by atoms with Gasteiger partial charge in [0.05, 0.1) is 35.9 Å². The van der Waals surface area contributed by atoms with Crippen LogP contribution in [0.3, 0.4) is 0 Å². The molecule has 0 spiro atoms. The number of esters is 2. The van der Waals surface area contributed by atoms with Crippen molar-refractivity contribution in [3.63, 3.8) is 0 Å². The maximum Gasteiger partial charge on any atom is 0.509 e. The average Bonchev–Trinajstić information content (AvgIpc) is 3.57. The summed E-state index contributed by atoms with van der Waals surface area (Å²) in [7, 11) is 6.82. The first-order chi connectivity index (χ1) is 29.9. The molecule has 16 heteroatoms. The van der Waals surface area contributed by atoms with Gasteiger partial charge in [0.25, 0.3) is 0 Å². The number of oxime groups is 1. The van der Waals surface area contributed by atoms with E-state index in [1.54, 1.807) is 21.0 Å². The third-order valence-corrected chi connectivity index (χ3v) is 13.9. The fourth-order valence-corrected chi connectivity index (χ4v) is 10.3. The number of carbonyl (C=O) groups excluding carboxylic acids is 3. The molecule has 4 heterocycles. The lowest BCUT2D eigenvalue weighted by molar-refractivity contribution is -0.301. The SMILES string of the molecule is CC[C@H]1OC(=O)[C@H](C)[C@@H](OC(=O)CCNCCCc2ccc3c(c2)CCCN3)[C@H](C)[C@@H](O[C@@H]2O[C@H](C)C[C@H](N(C)C)[C@H]2O)[C@](C)(OC)C[C@@H](C)/C(=N\OC)[C@H](C)[C@H]2OC(=O)O[C@@]21C. The van der Waals surface area contributed by atoms with Gasteiger partial charge in [0.1, 0.15) is 25.4 Å². The van der Waals surface area contributed by atoms with Crippen LogP contribution in [0.2, 0.25) is 0 Å². The zero-order valence-corrected chi connectivity index (χ0v) is 39.8. The minimum absolute atomic E-state index is 0.0471. The molecule has 0 amide bonds. The van der Waals surface area contributed by atoms with Crippen LogP contribution in [0.25, 0.3) is 0 Å². The molecule has 1 aromatic carbocycles. The van der Waals surface area contributed by atoms with Gasteiger partial charge in [0.2, 0.25) is 0 Å². The summed E-state index contributed by atoms with van der Waals surface area (Å²) in [6.45, 7) is 16.8. The Morgan fingerprint density at radius 3 is 2.49 bits per heavy atom. The van der Waals surface area contributed by atoms with Crippen LogP contribution in [0.15, 0.2) is 23.4 Å². The number of rotatable bonds is 14. The summed E-state index contributed by atoms with van der Waals surface area (Å²) in [5, 5.41) is 23.0. The van der Waals surface area contributed by atoms with Crippen molar-refractivity contribution < 1.29 is 57.5 Å². The fraction of sp³-hybridized carbons (Fsp3) is 0.787. The summed E-state index contributed by atoms with van der Waals surface area (Å²) < 4.78 is 44.0. The molecule has 5 rings (SSSR count). The number of likely N-dealkylation sites (N-methyl/N-ethyl adjacent to an activating group) is 1. The van der Waals surface area contributed by atoms with Gasteiger partial charge in [0, 0.05) is 49.7 Å². The topological polar surface area (TPSA) is 185 Å². The Balaban J connectivity index is 1.45. The molecular formula is C47H76N4O12. The van der Waals surface area contributed by atoms with E-state index in [9.17, 15) is 19.5 Å². The molecule has 0 radical (unpaired) electrons. The minimum atomic E-state index is -1.40. The van der Waals surface area contributed by atoms with E-state index in [1.807, 2.05) is 60.5 Å². The second-order valence-electron chi connectivity index (χ2n) is 18.9. The van der Waals surface area contributed by atoms with Crippen LogP contribution >= 0.6 is 0 Å². The number of nitrogens with one attached hydrogen (secondary N) is 2.